The van der Waals surface area contributed by atoms with Crippen molar-refractivity contribution in [2.24, 2.45) is 0 Å². The number of nitrogens with zero attached hydrogens (tertiary/aromatic N) is 3. The lowest BCUT2D eigenvalue weighted by molar-refractivity contribution is 0.301. The highest BCUT2D eigenvalue weighted by Gasteiger charge is 2.15. The molecule has 0 atom stereocenters. The summed E-state index contributed by atoms with van der Waals surface area (Å²) in [5, 5.41) is 13.8. The average molecular weight is 356 g/mol. The minimum Gasteiger partial charge on any atom is -0.485 e. The molecule has 1 aromatic heterocycles. The first-order valence-corrected chi connectivity index (χ1v) is 8.01. The van der Waals surface area contributed by atoms with Gasteiger partial charge in [-0.05, 0) is 49.7 Å². The van der Waals surface area contributed by atoms with Gasteiger partial charge in [0.25, 0.3) is 0 Å². The van der Waals surface area contributed by atoms with E-state index in [0.717, 1.165) is 22.6 Å². The summed E-state index contributed by atoms with van der Waals surface area (Å²) in [7, 11) is 0. The lowest BCUT2D eigenvalue weighted by atomic mass is 10.2. The summed E-state index contributed by atoms with van der Waals surface area (Å²) in [5.41, 5.74) is 3.59. The predicted molar refractivity (Wildman–Crippen MR) is 93.5 cm³/mol. The van der Waals surface area contributed by atoms with Crippen molar-refractivity contribution in [3.63, 3.8) is 0 Å². The van der Waals surface area contributed by atoms with Crippen molar-refractivity contribution < 1.29 is 9.13 Å². The largest absolute Gasteiger partial charge is 0.485 e. The molecule has 0 N–H and O–H groups in total. The molecule has 0 saturated heterocycles. The standard InChI is InChI=1S/C19H15ClFN3O/c1-12-19(25-11-14-3-6-16(21)7-4-14)13(2)24(23-12)17-8-5-15(10-22)18(20)9-17/h3-9H,11H2,1-2H3. The van der Waals surface area contributed by atoms with E-state index in [0.29, 0.717) is 22.9 Å². The minimum absolute atomic E-state index is 0.276. The van der Waals surface area contributed by atoms with E-state index in [1.807, 2.05) is 19.9 Å². The number of aromatic nitrogens is 2. The Morgan fingerprint density at radius 1 is 1.20 bits per heavy atom. The normalized spacial score (nSPS) is 10.5. The molecule has 0 fully saturated rings. The van der Waals surface area contributed by atoms with Crippen LogP contribution in [0.25, 0.3) is 5.69 Å². The maximum absolute atomic E-state index is 13.0. The van der Waals surface area contributed by atoms with Gasteiger partial charge in [-0.25, -0.2) is 9.07 Å². The summed E-state index contributed by atoms with van der Waals surface area (Å²) in [4.78, 5) is 0. The van der Waals surface area contributed by atoms with Gasteiger partial charge < -0.3 is 4.74 Å². The van der Waals surface area contributed by atoms with E-state index >= 15 is 0 Å². The van der Waals surface area contributed by atoms with Gasteiger partial charge in [-0.1, -0.05) is 23.7 Å². The number of benzene rings is 2. The second kappa shape index (κ2) is 6.96. The molecular formula is C19H15ClFN3O. The molecule has 1 heterocycles. The SMILES string of the molecule is Cc1nn(-c2ccc(C#N)c(Cl)c2)c(C)c1OCc1ccc(F)cc1. The van der Waals surface area contributed by atoms with Crippen LogP contribution < -0.4 is 4.74 Å². The molecule has 126 valence electrons. The summed E-state index contributed by atoms with van der Waals surface area (Å²) >= 11 is 6.11. The van der Waals surface area contributed by atoms with Crippen molar-refractivity contribution in [1.82, 2.24) is 9.78 Å². The van der Waals surface area contributed by atoms with Crippen molar-refractivity contribution in [2.75, 3.05) is 0 Å². The fourth-order valence-electron chi connectivity index (χ4n) is 2.55. The van der Waals surface area contributed by atoms with Gasteiger partial charge in [-0.3, -0.25) is 0 Å². The van der Waals surface area contributed by atoms with Gasteiger partial charge in [0.15, 0.2) is 5.75 Å². The summed E-state index contributed by atoms with van der Waals surface area (Å²) in [6.07, 6.45) is 0. The van der Waals surface area contributed by atoms with Crippen molar-refractivity contribution in [1.29, 1.82) is 5.26 Å². The first-order chi connectivity index (χ1) is 12.0. The van der Waals surface area contributed by atoms with Crippen LogP contribution >= 0.6 is 11.6 Å². The van der Waals surface area contributed by atoms with Crippen LogP contribution in [0.3, 0.4) is 0 Å². The Labute approximate surface area is 150 Å². The van der Waals surface area contributed by atoms with Gasteiger partial charge in [-0.15, -0.1) is 0 Å². The van der Waals surface area contributed by atoms with E-state index in [9.17, 15) is 4.39 Å². The molecule has 3 aromatic rings. The van der Waals surface area contributed by atoms with Crippen LogP contribution in [0.15, 0.2) is 42.5 Å². The molecule has 4 nitrogen and oxygen atoms in total. The number of aryl methyl sites for hydroxylation is 1. The first-order valence-electron chi connectivity index (χ1n) is 7.63. The van der Waals surface area contributed by atoms with Gasteiger partial charge in [0, 0.05) is 0 Å². The molecule has 0 bridgehead atoms. The summed E-state index contributed by atoms with van der Waals surface area (Å²) < 4.78 is 20.6. The highest BCUT2D eigenvalue weighted by atomic mass is 35.5. The Bertz CT molecular complexity index is 958. The number of nitriles is 1. The van der Waals surface area contributed by atoms with Crippen molar-refractivity contribution >= 4 is 11.6 Å². The Balaban J connectivity index is 1.87. The van der Waals surface area contributed by atoms with Gasteiger partial charge in [0.2, 0.25) is 0 Å². The maximum atomic E-state index is 13.0. The highest BCUT2D eigenvalue weighted by molar-refractivity contribution is 6.31. The molecule has 25 heavy (non-hydrogen) atoms. The van der Waals surface area contributed by atoms with E-state index in [-0.39, 0.29) is 5.82 Å². The second-order valence-electron chi connectivity index (χ2n) is 5.60. The Morgan fingerprint density at radius 2 is 1.92 bits per heavy atom. The number of hydrogen-bond donors (Lipinski definition) is 0. The molecule has 0 saturated carbocycles. The van der Waals surface area contributed by atoms with Crippen LogP contribution in [0.1, 0.15) is 22.5 Å². The minimum atomic E-state index is -0.276. The second-order valence-corrected chi connectivity index (χ2v) is 6.01. The number of hydrogen-bond acceptors (Lipinski definition) is 3. The Kier molecular flexibility index (Phi) is 4.73. The van der Waals surface area contributed by atoms with Gasteiger partial charge in [0.05, 0.1) is 22.0 Å². The molecule has 2 aromatic carbocycles. The van der Waals surface area contributed by atoms with Crippen LogP contribution in [-0.2, 0) is 6.61 Å². The first kappa shape index (κ1) is 17.0. The molecule has 0 aliphatic heterocycles. The van der Waals surface area contributed by atoms with E-state index in [4.69, 9.17) is 21.6 Å². The van der Waals surface area contributed by atoms with E-state index in [1.165, 1.54) is 12.1 Å². The highest BCUT2D eigenvalue weighted by Crippen LogP contribution is 2.28. The maximum Gasteiger partial charge on any atom is 0.163 e. The molecule has 0 aliphatic rings. The molecular weight excluding hydrogens is 341 g/mol. The quantitative estimate of drug-likeness (QED) is 0.679. The van der Waals surface area contributed by atoms with Crippen LogP contribution in [0.5, 0.6) is 5.75 Å². The molecule has 0 amide bonds. The fourth-order valence-corrected chi connectivity index (χ4v) is 2.77. The van der Waals surface area contributed by atoms with Crippen molar-refractivity contribution in [3.8, 4) is 17.5 Å². The van der Waals surface area contributed by atoms with Crippen LogP contribution in [0.4, 0.5) is 4.39 Å². The van der Waals surface area contributed by atoms with Gasteiger partial charge >= 0.3 is 0 Å². The fraction of sp³-hybridized carbons (Fsp3) is 0.158. The zero-order valence-corrected chi connectivity index (χ0v) is 14.5. The summed E-state index contributed by atoms with van der Waals surface area (Å²) in [6, 6.07) is 13.4. The van der Waals surface area contributed by atoms with E-state index in [2.05, 4.69) is 5.10 Å². The van der Waals surface area contributed by atoms with E-state index in [1.54, 1.807) is 35.0 Å². The molecule has 0 aliphatic carbocycles. The molecule has 6 heteroatoms. The van der Waals surface area contributed by atoms with Crippen molar-refractivity contribution in [2.45, 2.75) is 20.5 Å². The van der Waals surface area contributed by atoms with Gasteiger partial charge in [0.1, 0.15) is 24.2 Å². The molecule has 0 unspecified atom stereocenters. The Hall–Kier alpha value is -2.84. The van der Waals surface area contributed by atoms with Crippen LogP contribution in [0.2, 0.25) is 5.02 Å². The van der Waals surface area contributed by atoms with Crippen LogP contribution in [0, 0.1) is 31.0 Å². The lowest BCUT2D eigenvalue weighted by Gasteiger charge is -2.08. The lowest BCUT2D eigenvalue weighted by Crippen LogP contribution is -2.01. The number of halogens is 2. The number of rotatable bonds is 4. The summed E-state index contributed by atoms with van der Waals surface area (Å²) in [5.74, 6) is 0.395. The third-order valence-electron chi connectivity index (χ3n) is 3.84. The number of ether oxygens (including phenoxy) is 1. The monoisotopic (exact) mass is 355 g/mol. The zero-order valence-electron chi connectivity index (χ0n) is 13.8. The molecule has 0 radical (unpaired) electrons. The average Bonchev–Trinajstić information content (AvgIpc) is 2.89. The van der Waals surface area contributed by atoms with Crippen LogP contribution in [-0.4, -0.2) is 9.78 Å². The predicted octanol–water partition coefficient (Wildman–Crippen LogP) is 4.73. The zero-order chi connectivity index (χ0) is 18.0. The third-order valence-corrected chi connectivity index (χ3v) is 4.15. The Morgan fingerprint density at radius 3 is 2.56 bits per heavy atom. The molecule has 0 spiro atoms. The topological polar surface area (TPSA) is 50.8 Å². The van der Waals surface area contributed by atoms with E-state index < -0.39 is 0 Å². The van der Waals surface area contributed by atoms with Crippen molar-refractivity contribution in [3.05, 3.63) is 75.8 Å². The summed E-state index contributed by atoms with van der Waals surface area (Å²) in [6.45, 7) is 4.07. The molecule has 3 rings (SSSR count). The third kappa shape index (κ3) is 3.49. The van der Waals surface area contributed by atoms with Gasteiger partial charge in [-0.2, -0.15) is 10.4 Å². The smallest absolute Gasteiger partial charge is 0.163 e.